The van der Waals surface area contributed by atoms with Gasteiger partial charge < -0.3 is 24.5 Å². The molecule has 2 rings (SSSR count). The zero-order valence-electron chi connectivity index (χ0n) is 15.8. The molecule has 1 heterocycles. The highest BCUT2D eigenvalue weighted by molar-refractivity contribution is 6.47. The molecule has 7 nitrogen and oxygen atoms in total. The zero-order chi connectivity index (χ0) is 20.4. The number of ether oxygens (including phenoxy) is 2. The van der Waals surface area contributed by atoms with Crippen LogP contribution in [0.5, 0.6) is 5.75 Å². The second kappa shape index (κ2) is 8.23. The molecule has 0 aromatic heterocycles. The monoisotopic (exact) mass is 395 g/mol. The minimum absolute atomic E-state index is 0.181. The van der Waals surface area contributed by atoms with Crippen LogP contribution >= 0.6 is 11.6 Å². The molecule has 0 saturated heterocycles. The topological polar surface area (TPSA) is 94.1 Å². The van der Waals surface area contributed by atoms with E-state index in [0.29, 0.717) is 28.3 Å². The summed E-state index contributed by atoms with van der Waals surface area (Å²) in [6.07, 6.45) is 0.329. The molecular weight excluding hydrogens is 372 g/mol. The molecule has 0 bridgehead atoms. The molecule has 0 saturated carbocycles. The van der Waals surface area contributed by atoms with E-state index in [2.05, 4.69) is 11.9 Å². The molecule has 0 aliphatic carbocycles. The Bertz CT molecular complexity index is 761. The third-order valence-electron chi connectivity index (χ3n) is 3.88. The van der Waals surface area contributed by atoms with Gasteiger partial charge in [0, 0.05) is 11.9 Å². The van der Waals surface area contributed by atoms with Gasteiger partial charge in [-0.2, -0.15) is 0 Å². The molecule has 0 radical (unpaired) electrons. The molecule has 1 aromatic rings. The Morgan fingerprint density at radius 2 is 2.07 bits per heavy atom. The van der Waals surface area contributed by atoms with Gasteiger partial charge in [0.25, 0.3) is 0 Å². The molecule has 0 spiro atoms. The van der Waals surface area contributed by atoms with Gasteiger partial charge in [0.1, 0.15) is 11.5 Å². The van der Waals surface area contributed by atoms with Gasteiger partial charge in [-0.15, -0.1) is 0 Å². The van der Waals surface area contributed by atoms with E-state index in [1.165, 1.54) is 6.92 Å². The van der Waals surface area contributed by atoms with Crippen molar-refractivity contribution < 1.29 is 28.7 Å². The van der Waals surface area contributed by atoms with Crippen LogP contribution in [0.15, 0.2) is 18.7 Å². The van der Waals surface area contributed by atoms with Crippen LogP contribution in [0.2, 0.25) is 5.02 Å². The quantitative estimate of drug-likeness (QED) is 0.344. The largest absolute Gasteiger partial charge is 0.547 e. The van der Waals surface area contributed by atoms with Crippen molar-refractivity contribution in [2.75, 3.05) is 6.79 Å². The first-order valence-corrected chi connectivity index (χ1v) is 8.80. The van der Waals surface area contributed by atoms with Crippen LogP contribution < -0.4 is 9.97 Å². The molecule has 9 heteroatoms. The summed E-state index contributed by atoms with van der Waals surface area (Å²) < 4.78 is 16.0. The van der Waals surface area contributed by atoms with E-state index in [0.717, 1.165) is 0 Å². The Hall–Kier alpha value is -2.19. The molecule has 2 N–H and O–H groups in total. The first kappa shape index (κ1) is 21.1. The van der Waals surface area contributed by atoms with Gasteiger partial charge in [-0.25, -0.2) is 0 Å². The van der Waals surface area contributed by atoms with Gasteiger partial charge in [0.2, 0.25) is 12.7 Å². The second-order valence-corrected chi connectivity index (χ2v) is 7.76. The number of fused-ring (bicyclic) bond motifs is 1. The molecule has 1 aromatic carbocycles. The minimum atomic E-state index is -1.23. The number of hydrogen-bond acceptors (Lipinski definition) is 6. The SMILES string of the molecule is C=C(OCOC(=O)C(C)(C)C)c1cc(Cl)cc2c1OB(O)C(NC(C)=O)C2. The predicted molar refractivity (Wildman–Crippen MR) is 102 cm³/mol. The summed E-state index contributed by atoms with van der Waals surface area (Å²) in [6.45, 7) is 10.1. The number of rotatable bonds is 5. The fraction of sp³-hybridized carbons (Fsp3) is 0.444. The molecule has 1 atom stereocenters. The lowest BCUT2D eigenvalue weighted by Gasteiger charge is -2.29. The third kappa shape index (κ3) is 5.40. The van der Waals surface area contributed by atoms with Crippen LogP contribution in [0.1, 0.15) is 38.8 Å². The van der Waals surface area contributed by atoms with Crippen LogP contribution in [0.25, 0.3) is 5.76 Å². The number of benzene rings is 1. The maximum atomic E-state index is 11.8. The van der Waals surface area contributed by atoms with Crippen LogP contribution in [0.3, 0.4) is 0 Å². The van der Waals surface area contributed by atoms with Gasteiger partial charge >= 0.3 is 13.1 Å². The number of esters is 1. The summed E-state index contributed by atoms with van der Waals surface area (Å²) in [6, 6.07) is 3.27. The molecule has 1 amide bonds. The maximum absolute atomic E-state index is 11.8. The summed E-state index contributed by atoms with van der Waals surface area (Å²) in [4.78, 5) is 23.1. The standard InChI is InChI=1S/C18H23BClNO6/c1-10(25-9-26-17(23)18(3,4)5)14-8-13(20)6-12-7-15(21-11(2)22)19(24)27-16(12)14/h6,8,15,24H,1,7,9H2,2-5H3,(H,21,22). The van der Waals surface area contributed by atoms with Crippen LogP contribution in [0.4, 0.5) is 0 Å². The lowest BCUT2D eigenvalue weighted by molar-refractivity contribution is -0.161. The van der Waals surface area contributed by atoms with E-state index in [9.17, 15) is 14.6 Å². The van der Waals surface area contributed by atoms with Crippen molar-refractivity contribution in [1.29, 1.82) is 0 Å². The van der Waals surface area contributed by atoms with Crippen molar-refractivity contribution in [1.82, 2.24) is 5.32 Å². The maximum Gasteiger partial charge on any atom is 0.547 e. The van der Waals surface area contributed by atoms with Crippen molar-refractivity contribution in [3.8, 4) is 5.75 Å². The molecule has 146 valence electrons. The number of carbonyl (C=O) groups excluding carboxylic acids is 2. The summed E-state index contributed by atoms with van der Waals surface area (Å²) in [5, 5.41) is 13.2. The lowest BCUT2D eigenvalue weighted by atomic mass is 9.72. The molecule has 0 fully saturated rings. The van der Waals surface area contributed by atoms with E-state index < -0.39 is 24.4 Å². The fourth-order valence-corrected chi connectivity index (χ4v) is 2.76. The van der Waals surface area contributed by atoms with E-state index in [4.69, 9.17) is 25.7 Å². The molecule has 1 aliphatic heterocycles. The Morgan fingerprint density at radius 1 is 1.41 bits per heavy atom. The number of halogens is 1. The summed E-state index contributed by atoms with van der Waals surface area (Å²) >= 11 is 6.17. The predicted octanol–water partition coefficient (Wildman–Crippen LogP) is 2.33. The molecule has 27 heavy (non-hydrogen) atoms. The zero-order valence-corrected chi connectivity index (χ0v) is 16.6. The van der Waals surface area contributed by atoms with Crippen molar-refractivity contribution in [3.63, 3.8) is 0 Å². The first-order valence-electron chi connectivity index (χ1n) is 8.42. The van der Waals surface area contributed by atoms with Crippen molar-refractivity contribution in [3.05, 3.63) is 34.9 Å². The van der Waals surface area contributed by atoms with Gasteiger partial charge in [0.15, 0.2) is 0 Å². The molecule has 1 aliphatic rings. The minimum Gasteiger partial charge on any atom is -0.534 e. The van der Waals surface area contributed by atoms with Crippen LogP contribution in [-0.2, 0) is 25.5 Å². The number of hydrogen-bond donors (Lipinski definition) is 2. The van der Waals surface area contributed by atoms with E-state index >= 15 is 0 Å². The lowest BCUT2D eigenvalue weighted by Crippen LogP contribution is -2.52. The highest BCUT2D eigenvalue weighted by atomic mass is 35.5. The van der Waals surface area contributed by atoms with E-state index in [1.54, 1.807) is 32.9 Å². The molecular formula is C18H23BClNO6. The van der Waals surface area contributed by atoms with Crippen LogP contribution in [-0.4, -0.2) is 36.8 Å². The molecule has 1 unspecified atom stereocenters. The Kier molecular flexibility index (Phi) is 6.44. The van der Waals surface area contributed by atoms with Crippen molar-refractivity contribution in [2.24, 2.45) is 5.41 Å². The van der Waals surface area contributed by atoms with E-state index in [1.807, 2.05) is 0 Å². The normalized spacial score (nSPS) is 16.1. The van der Waals surface area contributed by atoms with Gasteiger partial charge in [-0.1, -0.05) is 18.2 Å². The van der Waals surface area contributed by atoms with Gasteiger partial charge in [-0.05, 0) is 44.9 Å². The van der Waals surface area contributed by atoms with E-state index in [-0.39, 0.29) is 18.5 Å². The Balaban J connectivity index is 2.14. The van der Waals surface area contributed by atoms with Crippen molar-refractivity contribution in [2.45, 2.75) is 40.1 Å². The summed E-state index contributed by atoms with van der Waals surface area (Å²) in [5.41, 5.74) is 0.480. The Labute approximate surface area is 163 Å². The Morgan fingerprint density at radius 3 is 2.67 bits per heavy atom. The fourth-order valence-electron chi connectivity index (χ4n) is 2.52. The highest BCUT2D eigenvalue weighted by Crippen LogP contribution is 2.37. The van der Waals surface area contributed by atoms with Gasteiger partial charge in [0.05, 0.1) is 16.9 Å². The average molecular weight is 396 g/mol. The summed E-state index contributed by atoms with van der Waals surface area (Å²) in [5.74, 6) is -0.737. The van der Waals surface area contributed by atoms with Crippen molar-refractivity contribution >= 4 is 36.4 Å². The number of nitrogens with one attached hydrogen (secondary N) is 1. The van der Waals surface area contributed by atoms with Crippen LogP contribution in [0, 0.1) is 5.41 Å². The number of amides is 1. The average Bonchev–Trinajstić information content (AvgIpc) is 2.53. The summed E-state index contributed by atoms with van der Waals surface area (Å²) in [7, 11) is -1.23. The number of carbonyl (C=O) groups is 2. The van der Waals surface area contributed by atoms with Gasteiger partial charge in [-0.3, -0.25) is 9.59 Å². The highest BCUT2D eigenvalue weighted by Gasteiger charge is 2.37. The first-order chi connectivity index (χ1) is 12.5. The smallest absolute Gasteiger partial charge is 0.534 e. The third-order valence-corrected chi connectivity index (χ3v) is 4.10. The second-order valence-electron chi connectivity index (χ2n) is 7.33.